The molecule has 1 aromatic heterocycles. The molecule has 4 aliphatic heterocycles. The second kappa shape index (κ2) is 26.5. The van der Waals surface area contributed by atoms with Crippen LogP contribution in [0.15, 0.2) is 65.9 Å². The number of anilines is 1. The highest BCUT2D eigenvalue weighted by Crippen LogP contribution is 2.32. The fourth-order valence-corrected chi connectivity index (χ4v) is 9.04. The van der Waals surface area contributed by atoms with E-state index < -0.39 is 41.3 Å². The monoisotopic (exact) mass is 1020 g/mol. The molecule has 20 nitrogen and oxygen atoms in total. The lowest BCUT2D eigenvalue weighted by Gasteiger charge is -2.29. The van der Waals surface area contributed by atoms with Crippen molar-refractivity contribution in [1.82, 2.24) is 35.3 Å². The molecule has 5 heterocycles. The van der Waals surface area contributed by atoms with Crippen molar-refractivity contribution in [2.75, 3.05) is 117 Å². The Labute approximate surface area is 427 Å². The highest BCUT2D eigenvalue weighted by molar-refractivity contribution is 6.23. The summed E-state index contributed by atoms with van der Waals surface area (Å²) in [4.78, 5) is 81.6. The molecule has 3 aromatic carbocycles. The fourth-order valence-electron chi connectivity index (χ4n) is 9.04. The lowest BCUT2D eigenvalue weighted by Crippen LogP contribution is -2.54. The number of aromatic nitrogens is 2. The first-order valence-corrected chi connectivity index (χ1v) is 25.0. The van der Waals surface area contributed by atoms with Crippen molar-refractivity contribution >= 4 is 58.0 Å². The zero-order chi connectivity index (χ0) is 51.8. The average molecular weight is 1030 g/mol. The Balaban J connectivity index is 0.640. The van der Waals surface area contributed by atoms with Gasteiger partial charge in [0.05, 0.1) is 113 Å². The predicted molar refractivity (Wildman–Crippen MR) is 269 cm³/mol. The topological polar surface area (TPSA) is 241 Å². The van der Waals surface area contributed by atoms with E-state index in [0.29, 0.717) is 144 Å². The summed E-state index contributed by atoms with van der Waals surface area (Å²) in [7, 11) is 0. The SMILES string of the molecule is NC=C(C=NC1CCN(CC(=O)NCCOCCOCCOCCOCCNc2ccc3c(c2)C(=O)N(C2CCC(=O)NC2=O)C3=O)CC1)c1cnc2cccc(-c3cc(F)c(CN4CCOCC4)c(F)c3)c2n1. The summed E-state index contributed by atoms with van der Waals surface area (Å²) in [6, 6.07) is 11.9. The molecule has 74 heavy (non-hydrogen) atoms. The number of para-hydroxylation sites is 1. The van der Waals surface area contributed by atoms with E-state index in [1.54, 1.807) is 48.8 Å². The Morgan fingerprint density at radius 2 is 1.49 bits per heavy atom. The third-order valence-electron chi connectivity index (χ3n) is 13.0. The molecule has 22 heteroatoms. The largest absolute Gasteiger partial charge is 0.404 e. The molecule has 4 aromatic rings. The van der Waals surface area contributed by atoms with Gasteiger partial charge in [-0.1, -0.05) is 12.1 Å². The number of fused-ring (bicyclic) bond motifs is 2. The summed E-state index contributed by atoms with van der Waals surface area (Å²) < 4.78 is 58.5. The molecule has 5 amide bonds. The van der Waals surface area contributed by atoms with Gasteiger partial charge in [-0.25, -0.2) is 13.8 Å². The standard InChI is InChI=1S/C52H62F2N10O10/c53-42-26-34(27-43(54)41(42)32-63-14-18-72-19-15-63)38-2-1-3-44-49(38)60-45(31-59-44)35(29-55)30-58-36-8-12-62(13-9-36)33-48(66)57-11-17-71-21-23-74-25-24-73-22-20-70-16-10-56-37-4-5-39-40(28-37)52(69)64(51(39)68)46-6-7-47(65)61-50(46)67/h1-5,26-31,36,46,56H,6-25,32-33,55H2,(H,57,66)(H,61,65,67). The number of imide groups is 2. The molecule has 3 saturated heterocycles. The van der Waals surface area contributed by atoms with Crippen LogP contribution in [-0.2, 0) is 44.6 Å². The van der Waals surface area contributed by atoms with E-state index in [2.05, 4.69) is 25.8 Å². The van der Waals surface area contributed by atoms with E-state index in [0.717, 1.165) is 17.7 Å². The van der Waals surface area contributed by atoms with Gasteiger partial charge in [-0.15, -0.1) is 0 Å². The van der Waals surface area contributed by atoms with Crippen LogP contribution in [-0.4, -0.2) is 184 Å². The van der Waals surface area contributed by atoms with Crippen LogP contribution in [0.3, 0.4) is 0 Å². The molecule has 5 N–H and O–H groups in total. The molecule has 0 spiro atoms. The number of nitrogens with one attached hydrogen (secondary N) is 3. The number of hydrogen-bond donors (Lipinski definition) is 4. The zero-order valence-corrected chi connectivity index (χ0v) is 41.2. The Morgan fingerprint density at radius 3 is 2.18 bits per heavy atom. The van der Waals surface area contributed by atoms with Crippen LogP contribution < -0.4 is 21.7 Å². The van der Waals surface area contributed by atoms with E-state index >= 15 is 8.78 Å². The van der Waals surface area contributed by atoms with Gasteiger partial charge in [-0.05, 0) is 61.2 Å². The number of nitrogens with two attached hydrogens (primary N) is 1. The normalized spacial score (nSPS) is 18.2. The maximum Gasteiger partial charge on any atom is 0.262 e. The van der Waals surface area contributed by atoms with Crippen molar-refractivity contribution in [3.8, 4) is 11.1 Å². The van der Waals surface area contributed by atoms with Crippen molar-refractivity contribution in [2.24, 2.45) is 10.7 Å². The van der Waals surface area contributed by atoms with Crippen LogP contribution in [0.25, 0.3) is 27.7 Å². The minimum absolute atomic E-state index is 0.0204. The minimum atomic E-state index is -1.01. The molecule has 1 atom stereocenters. The predicted octanol–water partition coefficient (Wildman–Crippen LogP) is 2.94. The quantitative estimate of drug-likeness (QED) is 0.0424. The van der Waals surface area contributed by atoms with Gasteiger partial charge in [-0.2, -0.15) is 0 Å². The van der Waals surface area contributed by atoms with Crippen molar-refractivity contribution in [3.05, 3.63) is 94.9 Å². The number of likely N-dealkylation sites (tertiary alicyclic amines) is 1. The van der Waals surface area contributed by atoms with Crippen molar-refractivity contribution < 1.29 is 56.4 Å². The number of ether oxygens (including phenoxy) is 5. The number of aliphatic imine (C=N–C) groups is 1. The van der Waals surface area contributed by atoms with E-state index in [4.69, 9.17) is 39.4 Å². The summed E-state index contributed by atoms with van der Waals surface area (Å²) in [6.07, 6.45) is 6.36. The van der Waals surface area contributed by atoms with Gasteiger partial charge in [0.25, 0.3) is 11.8 Å². The third-order valence-corrected chi connectivity index (χ3v) is 13.0. The van der Waals surface area contributed by atoms with Gasteiger partial charge in [0.15, 0.2) is 0 Å². The first-order chi connectivity index (χ1) is 36.1. The summed E-state index contributed by atoms with van der Waals surface area (Å²) in [5.41, 5.74) is 10.1. The Kier molecular flexibility index (Phi) is 19.2. The van der Waals surface area contributed by atoms with Crippen LogP contribution in [0.5, 0.6) is 0 Å². The van der Waals surface area contributed by atoms with Gasteiger partial charge in [-0.3, -0.25) is 54.0 Å². The lowest BCUT2D eigenvalue weighted by atomic mass is 10.0. The Morgan fingerprint density at radius 1 is 0.811 bits per heavy atom. The van der Waals surface area contributed by atoms with Gasteiger partial charge >= 0.3 is 0 Å². The number of carbonyl (C=O) groups excluding carboxylic acids is 5. The first kappa shape index (κ1) is 53.6. The van der Waals surface area contributed by atoms with Crippen molar-refractivity contribution in [1.29, 1.82) is 0 Å². The Hall–Kier alpha value is -6.66. The number of amides is 5. The molecule has 0 saturated carbocycles. The number of carbonyl (C=O) groups is 5. The average Bonchev–Trinajstić information content (AvgIpc) is 3.65. The van der Waals surface area contributed by atoms with Crippen LogP contribution in [0.2, 0.25) is 0 Å². The van der Waals surface area contributed by atoms with Crippen LogP contribution in [0.1, 0.15) is 57.7 Å². The number of hydrogen-bond acceptors (Lipinski definition) is 17. The second-order valence-corrected chi connectivity index (χ2v) is 18.1. The number of morpholine rings is 1. The van der Waals surface area contributed by atoms with Gasteiger partial charge in [0, 0.05) is 87.0 Å². The molecular formula is C52H62F2N10O10. The number of allylic oxidation sites excluding steroid dienone is 1. The number of nitrogens with zero attached hydrogens (tertiary/aromatic N) is 6. The zero-order valence-electron chi connectivity index (χ0n) is 41.2. The number of rotatable bonds is 25. The first-order valence-electron chi connectivity index (χ1n) is 25.0. The van der Waals surface area contributed by atoms with E-state index in [1.807, 2.05) is 4.90 Å². The molecule has 8 rings (SSSR count). The highest BCUT2D eigenvalue weighted by atomic mass is 19.1. The highest BCUT2D eigenvalue weighted by Gasteiger charge is 2.44. The molecule has 0 radical (unpaired) electrons. The maximum atomic E-state index is 15.4. The molecular weight excluding hydrogens is 963 g/mol. The molecule has 3 fully saturated rings. The minimum Gasteiger partial charge on any atom is -0.404 e. The second-order valence-electron chi connectivity index (χ2n) is 18.1. The molecule has 4 aliphatic rings. The number of halogens is 2. The molecule has 0 aliphatic carbocycles. The van der Waals surface area contributed by atoms with E-state index in [-0.39, 0.29) is 54.6 Å². The van der Waals surface area contributed by atoms with Crippen LogP contribution in [0, 0.1) is 11.6 Å². The number of benzene rings is 3. The third kappa shape index (κ3) is 14.1. The fraction of sp³-hybridized carbons (Fsp3) is 0.462. The summed E-state index contributed by atoms with van der Waals surface area (Å²) in [6.45, 7) is 7.92. The summed E-state index contributed by atoms with van der Waals surface area (Å²) >= 11 is 0. The Bertz CT molecular complexity index is 2690. The molecule has 1 unspecified atom stereocenters. The van der Waals surface area contributed by atoms with Gasteiger partial charge in [0.1, 0.15) is 17.7 Å². The van der Waals surface area contributed by atoms with Crippen molar-refractivity contribution in [2.45, 2.75) is 44.3 Å². The summed E-state index contributed by atoms with van der Waals surface area (Å²) in [5, 5.41) is 8.25. The van der Waals surface area contributed by atoms with Crippen molar-refractivity contribution in [3.63, 3.8) is 0 Å². The maximum absolute atomic E-state index is 15.4. The summed E-state index contributed by atoms with van der Waals surface area (Å²) in [5.74, 6) is -3.51. The van der Waals surface area contributed by atoms with E-state index in [9.17, 15) is 24.0 Å². The van der Waals surface area contributed by atoms with Gasteiger partial charge in [0.2, 0.25) is 17.7 Å². The molecule has 0 bridgehead atoms. The van der Waals surface area contributed by atoms with Crippen LogP contribution >= 0.6 is 0 Å². The number of piperidine rings is 2. The van der Waals surface area contributed by atoms with Gasteiger partial charge < -0.3 is 40.1 Å². The van der Waals surface area contributed by atoms with Crippen LogP contribution in [0.4, 0.5) is 14.5 Å². The van der Waals surface area contributed by atoms with E-state index in [1.165, 1.54) is 18.3 Å². The smallest absolute Gasteiger partial charge is 0.262 e. The molecule has 394 valence electrons. The lowest BCUT2D eigenvalue weighted by molar-refractivity contribution is -0.136.